The Bertz CT molecular complexity index is 697. The van der Waals surface area contributed by atoms with E-state index in [0.29, 0.717) is 11.9 Å². The zero-order valence-electron chi connectivity index (χ0n) is 14.8. The minimum Gasteiger partial charge on any atom is -0.473 e. The molecule has 134 valence electrons. The van der Waals surface area contributed by atoms with Crippen LogP contribution in [0.25, 0.3) is 0 Å². The van der Waals surface area contributed by atoms with E-state index in [0.717, 1.165) is 39.1 Å². The summed E-state index contributed by atoms with van der Waals surface area (Å²) >= 11 is 0. The van der Waals surface area contributed by atoms with Crippen molar-refractivity contribution in [1.29, 1.82) is 0 Å². The number of likely N-dealkylation sites (tertiary alicyclic amines) is 1. The summed E-state index contributed by atoms with van der Waals surface area (Å²) in [4.78, 5) is 10.7. The molecule has 0 aliphatic carbocycles. The van der Waals surface area contributed by atoms with Crippen LogP contribution in [0.3, 0.4) is 0 Å². The Morgan fingerprint density at radius 1 is 1.32 bits per heavy atom. The Labute approximate surface area is 148 Å². The molecule has 4 heterocycles. The lowest BCUT2D eigenvalue weighted by Crippen LogP contribution is -2.65. The van der Waals surface area contributed by atoms with Crippen LogP contribution in [-0.4, -0.2) is 56.0 Å². The van der Waals surface area contributed by atoms with Crippen LogP contribution in [0, 0.1) is 0 Å². The molecule has 2 aromatic heterocycles. The van der Waals surface area contributed by atoms with Crippen molar-refractivity contribution in [3.8, 4) is 5.88 Å². The van der Waals surface area contributed by atoms with Crippen molar-refractivity contribution in [2.24, 2.45) is 0 Å². The lowest BCUT2D eigenvalue weighted by atomic mass is 9.84. The minimum atomic E-state index is -0.0703. The first-order valence-corrected chi connectivity index (χ1v) is 8.94. The van der Waals surface area contributed by atoms with E-state index in [9.17, 15) is 0 Å². The Morgan fingerprint density at radius 2 is 2.20 bits per heavy atom. The van der Waals surface area contributed by atoms with E-state index >= 15 is 0 Å². The van der Waals surface area contributed by atoms with Crippen molar-refractivity contribution in [1.82, 2.24) is 24.6 Å². The van der Waals surface area contributed by atoms with Crippen molar-refractivity contribution in [2.45, 2.75) is 51.0 Å². The minimum absolute atomic E-state index is 0.0703. The maximum atomic E-state index is 6.10. The van der Waals surface area contributed by atoms with Gasteiger partial charge in [-0.15, -0.1) is 0 Å². The van der Waals surface area contributed by atoms with Gasteiger partial charge < -0.3 is 9.47 Å². The third-order valence-corrected chi connectivity index (χ3v) is 4.89. The van der Waals surface area contributed by atoms with E-state index in [-0.39, 0.29) is 11.7 Å². The van der Waals surface area contributed by atoms with E-state index in [4.69, 9.17) is 9.47 Å². The standard InChI is InChI=1S/C18H25N5O2/c1-14(2)23-11-15(8-21-23)10-22-12-18(13-22)7-16(3-6-24-18)25-17-9-19-4-5-20-17/h4-5,8-9,11,14,16H,3,6-7,10,12-13H2,1-2H3/t16-/m0/s1. The summed E-state index contributed by atoms with van der Waals surface area (Å²) in [5.74, 6) is 0.599. The summed E-state index contributed by atoms with van der Waals surface area (Å²) in [6.45, 7) is 7.84. The van der Waals surface area contributed by atoms with Crippen molar-refractivity contribution >= 4 is 0 Å². The van der Waals surface area contributed by atoms with Crippen molar-refractivity contribution in [3.05, 3.63) is 36.5 Å². The second kappa shape index (κ2) is 6.72. The molecule has 1 atom stereocenters. The van der Waals surface area contributed by atoms with Crippen LogP contribution in [0.2, 0.25) is 0 Å². The highest BCUT2D eigenvalue weighted by Crippen LogP contribution is 2.36. The van der Waals surface area contributed by atoms with E-state index in [1.165, 1.54) is 5.56 Å². The molecule has 2 fully saturated rings. The fraction of sp³-hybridized carbons (Fsp3) is 0.611. The Kier molecular flexibility index (Phi) is 4.43. The van der Waals surface area contributed by atoms with Crippen molar-refractivity contribution in [2.75, 3.05) is 19.7 Å². The summed E-state index contributed by atoms with van der Waals surface area (Å²) in [5.41, 5.74) is 1.19. The first-order chi connectivity index (χ1) is 12.1. The zero-order valence-corrected chi connectivity index (χ0v) is 14.8. The molecule has 2 saturated heterocycles. The molecule has 0 bridgehead atoms. The molecule has 7 heteroatoms. The molecule has 0 N–H and O–H groups in total. The fourth-order valence-corrected chi connectivity index (χ4v) is 3.70. The first-order valence-electron chi connectivity index (χ1n) is 8.94. The quantitative estimate of drug-likeness (QED) is 0.828. The normalized spacial score (nSPS) is 22.9. The second-order valence-electron chi connectivity index (χ2n) is 7.38. The topological polar surface area (TPSA) is 65.3 Å². The largest absolute Gasteiger partial charge is 0.473 e. The maximum Gasteiger partial charge on any atom is 0.232 e. The van der Waals surface area contributed by atoms with Gasteiger partial charge in [-0.1, -0.05) is 0 Å². The fourth-order valence-electron chi connectivity index (χ4n) is 3.70. The molecule has 25 heavy (non-hydrogen) atoms. The van der Waals surface area contributed by atoms with Gasteiger partial charge in [0.05, 0.1) is 24.6 Å². The number of hydrogen-bond donors (Lipinski definition) is 0. The summed E-state index contributed by atoms with van der Waals surface area (Å²) < 4.78 is 14.1. The van der Waals surface area contributed by atoms with Gasteiger partial charge in [-0.05, 0) is 13.8 Å². The summed E-state index contributed by atoms with van der Waals surface area (Å²) in [5, 5.41) is 4.42. The lowest BCUT2D eigenvalue weighted by molar-refractivity contribution is -0.188. The third-order valence-electron chi connectivity index (χ3n) is 4.89. The van der Waals surface area contributed by atoms with Crippen LogP contribution >= 0.6 is 0 Å². The van der Waals surface area contributed by atoms with Crippen molar-refractivity contribution in [3.63, 3.8) is 0 Å². The second-order valence-corrected chi connectivity index (χ2v) is 7.38. The van der Waals surface area contributed by atoms with Gasteiger partial charge in [0.1, 0.15) is 6.10 Å². The number of rotatable bonds is 5. The molecule has 2 aliphatic heterocycles. The molecule has 7 nitrogen and oxygen atoms in total. The van der Waals surface area contributed by atoms with Gasteiger partial charge in [-0.2, -0.15) is 5.10 Å². The number of nitrogens with zero attached hydrogens (tertiary/aromatic N) is 5. The van der Waals surface area contributed by atoms with E-state index in [1.807, 2.05) is 10.9 Å². The summed E-state index contributed by atoms with van der Waals surface area (Å²) in [7, 11) is 0. The molecule has 2 aliphatic rings. The highest BCUT2D eigenvalue weighted by molar-refractivity contribution is 5.10. The molecule has 1 spiro atoms. The molecule has 2 aromatic rings. The van der Waals surface area contributed by atoms with Gasteiger partial charge in [-0.3, -0.25) is 14.6 Å². The summed E-state index contributed by atoms with van der Waals surface area (Å²) in [6.07, 6.45) is 11.0. The highest BCUT2D eigenvalue weighted by atomic mass is 16.5. The van der Waals surface area contributed by atoms with Crippen LogP contribution in [0.15, 0.2) is 31.0 Å². The third kappa shape index (κ3) is 3.67. The molecular weight excluding hydrogens is 318 g/mol. The molecule has 0 saturated carbocycles. The molecule has 0 unspecified atom stereocenters. The van der Waals surface area contributed by atoms with Gasteiger partial charge in [-0.25, -0.2) is 4.98 Å². The van der Waals surface area contributed by atoms with E-state index in [2.05, 4.69) is 40.0 Å². The number of aromatic nitrogens is 4. The maximum absolute atomic E-state index is 6.10. The predicted octanol–water partition coefficient (Wildman–Crippen LogP) is 2.07. The van der Waals surface area contributed by atoms with Crippen molar-refractivity contribution < 1.29 is 9.47 Å². The van der Waals surface area contributed by atoms with Gasteiger partial charge in [0.2, 0.25) is 5.88 Å². The van der Waals surface area contributed by atoms with E-state index < -0.39 is 0 Å². The van der Waals surface area contributed by atoms with Crippen LogP contribution in [0.5, 0.6) is 5.88 Å². The Morgan fingerprint density at radius 3 is 2.92 bits per heavy atom. The summed E-state index contributed by atoms with van der Waals surface area (Å²) in [6, 6.07) is 0.400. The van der Waals surface area contributed by atoms with Gasteiger partial charge in [0, 0.05) is 62.7 Å². The smallest absolute Gasteiger partial charge is 0.232 e. The molecule has 0 radical (unpaired) electrons. The van der Waals surface area contributed by atoms with Gasteiger partial charge in [0.15, 0.2) is 0 Å². The first kappa shape index (κ1) is 16.5. The molecule has 4 rings (SSSR count). The zero-order chi connectivity index (χ0) is 17.3. The number of ether oxygens (including phenoxy) is 2. The van der Waals surface area contributed by atoms with Crippen LogP contribution in [-0.2, 0) is 11.3 Å². The SMILES string of the molecule is CC(C)n1cc(CN2CC3(C[C@@H](Oc4cnccn4)CCO3)C2)cn1. The van der Waals surface area contributed by atoms with Crippen LogP contribution in [0.1, 0.15) is 38.3 Å². The lowest BCUT2D eigenvalue weighted by Gasteiger charge is -2.53. The predicted molar refractivity (Wildman–Crippen MR) is 92.3 cm³/mol. The average Bonchev–Trinajstić information content (AvgIpc) is 3.04. The molecule has 0 aromatic carbocycles. The van der Waals surface area contributed by atoms with Crippen LogP contribution < -0.4 is 4.74 Å². The average molecular weight is 343 g/mol. The molecule has 0 amide bonds. The van der Waals surface area contributed by atoms with E-state index in [1.54, 1.807) is 18.6 Å². The Hall–Kier alpha value is -1.99. The monoisotopic (exact) mass is 343 g/mol. The van der Waals surface area contributed by atoms with Gasteiger partial charge >= 0.3 is 0 Å². The van der Waals surface area contributed by atoms with Gasteiger partial charge in [0.25, 0.3) is 0 Å². The van der Waals surface area contributed by atoms with Crippen LogP contribution in [0.4, 0.5) is 0 Å². The highest BCUT2D eigenvalue weighted by Gasteiger charge is 2.48. The molecular formula is C18H25N5O2. The Balaban J connectivity index is 1.30. The number of hydrogen-bond acceptors (Lipinski definition) is 6.